The van der Waals surface area contributed by atoms with Crippen LogP contribution in [0.3, 0.4) is 0 Å². The van der Waals surface area contributed by atoms with Crippen LogP contribution in [0.25, 0.3) is 10.8 Å². The van der Waals surface area contributed by atoms with Crippen LogP contribution in [0.5, 0.6) is 0 Å². The summed E-state index contributed by atoms with van der Waals surface area (Å²) in [7, 11) is -2.47. The van der Waals surface area contributed by atoms with E-state index in [9.17, 15) is 18.3 Å². The number of carbonyl (C=O) groups is 1. The number of carboxylic acid groups (broad SMARTS) is 1. The quantitative estimate of drug-likeness (QED) is 0.501. The van der Waals surface area contributed by atoms with E-state index < -0.39 is 16.0 Å². The Balaban J connectivity index is 2.02. The Morgan fingerprint density at radius 2 is 1.71 bits per heavy atom. The summed E-state index contributed by atoms with van der Waals surface area (Å²) in [5.41, 5.74) is 0.328. The Morgan fingerprint density at radius 3 is 2.46 bits per heavy atom. The number of nitrogens with one attached hydrogen (secondary N) is 2. The van der Waals surface area contributed by atoms with Gasteiger partial charge in [-0.3, -0.25) is 4.72 Å². The molecule has 0 unspecified atom stereocenters. The zero-order valence-corrected chi connectivity index (χ0v) is 16.0. The number of para-hydroxylation sites is 1. The third kappa shape index (κ3) is 4.08. The molecule has 0 aliphatic rings. The van der Waals surface area contributed by atoms with E-state index in [0.717, 1.165) is 0 Å². The van der Waals surface area contributed by atoms with Crippen LogP contribution in [0.4, 0.5) is 11.4 Å². The van der Waals surface area contributed by atoms with E-state index in [1.54, 1.807) is 55.6 Å². The molecule has 0 bridgehead atoms. The second-order valence-electron chi connectivity index (χ2n) is 6.04. The molecule has 146 valence electrons. The molecular formula is C20H20N2O5S. The molecule has 3 aromatic carbocycles. The van der Waals surface area contributed by atoms with Gasteiger partial charge in [-0.25, -0.2) is 13.2 Å². The number of ether oxygens (including phenoxy) is 1. The van der Waals surface area contributed by atoms with Gasteiger partial charge in [0.15, 0.2) is 0 Å². The molecule has 0 heterocycles. The highest BCUT2D eigenvalue weighted by molar-refractivity contribution is 7.92. The van der Waals surface area contributed by atoms with Gasteiger partial charge in [-0.15, -0.1) is 0 Å². The van der Waals surface area contributed by atoms with Crippen LogP contribution < -0.4 is 10.0 Å². The van der Waals surface area contributed by atoms with Gasteiger partial charge in [0, 0.05) is 13.7 Å². The minimum absolute atomic E-state index is 0.0119. The summed E-state index contributed by atoms with van der Waals surface area (Å²) in [6.07, 6.45) is 0. The predicted molar refractivity (Wildman–Crippen MR) is 109 cm³/mol. The van der Waals surface area contributed by atoms with Crippen LogP contribution in [0, 0.1) is 0 Å². The van der Waals surface area contributed by atoms with Crippen LogP contribution in [0.1, 0.15) is 10.4 Å². The predicted octanol–water partition coefficient (Wildman–Crippen LogP) is 3.40. The van der Waals surface area contributed by atoms with E-state index in [-0.39, 0.29) is 16.1 Å². The van der Waals surface area contributed by atoms with Crippen LogP contribution in [0.15, 0.2) is 65.6 Å². The van der Waals surface area contributed by atoms with Crippen LogP contribution in [-0.4, -0.2) is 39.8 Å². The maximum Gasteiger partial charge on any atom is 0.338 e. The highest BCUT2D eigenvalue weighted by atomic mass is 32.2. The lowest BCUT2D eigenvalue weighted by Crippen LogP contribution is -2.18. The number of sulfonamides is 1. The summed E-state index contributed by atoms with van der Waals surface area (Å²) in [5, 5.41) is 13.9. The fourth-order valence-corrected chi connectivity index (χ4v) is 4.18. The third-order valence-corrected chi connectivity index (χ3v) is 5.61. The lowest BCUT2D eigenvalue weighted by Gasteiger charge is -2.15. The number of aromatic carboxylic acids is 1. The molecule has 8 heteroatoms. The van der Waals surface area contributed by atoms with Crippen LogP contribution in [0.2, 0.25) is 0 Å². The highest BCUT2D eigenvalue weighted by Gasteiger charge is 2.22. The maximum absolute atomic E-state index is 13.0. The smallest absolute Gasteiger partial charge is 0.338 e. The van der Waals surface area contributed by atoms with Gasteiger partial charge in [-0.1, -0.05) is 42.5 Å². The molecule has 0 aliphatic carbocycles. The van der Waals surface area contributed by atoms with Gasteiger partial charge >= 0.3 is 5.97 Å². The molecule has 0 fully saturated rings. The summed E-state index contributed by atoms with van der Waals surface area (Å²) >= 11 is 0. The molecule has 3 aromatic rings. The Morgan fingerprint density at radius 1 is 1.00 bits per heavy atom. The second-order valence-corrected chi connectivity index (χ2v) is 7.69. The average Bonchev–Trinajstić information content (AvgIpc) is 2.67. The largest absolute Gasteiger partial charge is 0.478 e. The van der Waals surface area contributed by atoms with Gasteiger partial charge in [0.2, 0.25) is 0 Å². The van der Waals surface area contributed by atoms with Crippen molar-refractivity contribution in [1.82, 2.24) is 0 Å². The Bertz CT molecular complexity index is 1110. The summed E-state index contributed by atoms with van der Waals surface area (Å²) in [6.45, 7) is 0.842. The van der Waals surface area contributed by atoms with Crippen molar-refractivity contribution < 1.29 is 23.1 Å². The van der Waals surface area contributed by atoms with Crippen molar-refractivity contribution in [3.05, 3.63) is 66.2 Å². The van der Waals surface area contributed by atoms with Gasteiger partial charge in [-0.2, -0.15) is 0 Å². The first kappa shape index (κ1) is 19.7. The summed E-state index contributed by atoms with van der Waals surface area (Å²) in [4.78, 5) is 11.9. The van der Waals surface area contributed by atoms with E-state index in [1.165, 1.54) is 12.1 Å². The number of hydrogen-bond acceptors (Lipinski definition) is 5. The number of rotatable bonds is 8. The maximum atomic E-state index is 13.0. The lowest BCUT2D eigenvalue weighted by atomic mass is 10.0. The van der Waals surface area contributed by atoms with Crippen molar-refractivity contribution in [2.45, 2.75) is 4.90 Å². The molecule has 0 spiro atoms. The molecule has 7 nitrogen and oxygen atoms in total. The minimum Gasteiger partial charge on any atom is -0.478 e. The van der Waals surface area contributed by atoms with E-state index in [0.29, 0.717) is 29.6 Å². The van der Waals surface area contributed by atoms with Crippen molar-refractivity contribution in [2.75, 3.05) is 30.3 Å². The molecule has 0 amide bonds. The first-order chi connectivity index (χ1) is 13.4. The Kier molecular flexibility index (Phi) is 5.81. The molecular weight excluding hydrogens is 380 g/mol. The molecule has 3 N–H and O–H groups in total. The van der Waals surface area contributed by atoms with E-state index >= 15 is 0 Å². The molecule has 0 saturated heterocycles. The van der Waals surface area contributed by atoms with E-state index in [4.69, 9.17) is 4.74 Å². The van der Waals surface area contributed by atoms with Crippen molar-refractivity contribution in [3.63, 3.8) is 0 Å². The third-order valence-electron chi connectivity index (χ3n) is 4.19. The molecule has 0 radical (unpaired) electrons. The van der Waals surface area contributed by atoms with Crippen LogP contribution in [-0.2, 0) is 14.8 Å². The average molecular weight is 400 g/mol. The Hall–Kier alpha value is -3.10. The normalized spacial score (nSPS) is 11.3. The zero-order chi connectivity index (χ0) is 20.1. The van der Waals surface area contributed by atoms with Gasteiger partial charge in [0.25, 0.3) is 10.0 Å². The summed E-state index contributed by atoms with van der Waals surface area (Å²) in [5.74, 6) is -1.21. The lowest BCUT2D eigenvalue weighted by molar-refractivity contribution is 0.0700. The number of fused-ring (bicyclic) bond motifs is 1. The fourth-order valence-electron chi connectivity index (χ4n) is 2.92. The zero-order valence-electron chi connectivity index (χ0n) is 15.2. The van der Waals surface area contributed by atoms with Crippen molar-refractivity contribution in [3.8, 4) is 0 Å². The van der Waals surface area contributed by atoms with Crippen molar-refractivity contribution >= 4 is 38.1 Å². The first-order valence-electron chi connectivity index (χ1n) is 8.54. The van der Waals surface area contributed by atoms with Gasteiger partial charge < -0.3 is 15.2 Å². The number of carboxylic acids is 1. The molecule has 0 aromatic heterocycles. The van der Waals surface area contributed by atoms with E-state index in [2.05, 4.69) is 10.0 Å². The second kappa shape index (κ2) is 8.28. The van der Waals surface area contributed by atoms with Crippen molar-refractivity contribution in [2.24, 2.45) is 0 Å². The fraction of sp³-hybridized carbons (Fsp3) is 0.150. The van der Waals surface area contributed by atoms with Crippen molar-refractivity contribution in [1.29, 1.82) is 0 Å². The monoisotopic (exact) mass is 400 g/mol. The minimum atomic E-state index is -4.02. The molecule has 0 saturated carbocycles. The van der Waals surface area contributed by atoms with Gasteiger partial charge in [-0.05, 0) is 29.0 Å². The van der Waals surface area contributed by atoms with Gasteiger partial charge in [0.05, 0.1) is 23.5 Å². The SMILES string of the molecule is COCCNc1ccccc1S(=O)(=O)Nc1ccc2ccccc2c1C(=O)O. The summed E-state index contributed by atoms with van der Waals surface area (Å²) < 4.78 is 33.4. The molecule has 3 rings (SSSR count). The molecule has 28 heavy (non-hydrogen) atoms. The first-order valence-corrected chi connectivity index (χ1v) is 10.0. The molecule has 0 aliphatic heterocycles. The van der Waals surface area contributed by atoms with Gasteiger partial charge in [0.1, 0.15) is 4.90 Å². The number of hydrogen-bond donors (Lipinski definition) is 3. The summed E-state index contributed by atoms with van der Waals surface area (Å²) in [6, 6.07) is 16.5. The van der Waals surface area contributed by atoms with Crippen LogP contribution >= 0.6 is 0 Å². The number of anilines is 2. The Labute approximate surface area is 163 Å². The standard InChI is InChI=1S/C20H20N2O5S/c1-27-13-12-21-16-8-4-5-9-18(16)28(25,26)22-17-11-10-14-6-2-3-7-15(14)19(17)20(23)24/h2-11,21-22H,12-13H2,1H3,(H,23,24). The number of methoxy groups -OCH3 is 1. The van der Waals surface area contributed by atoms with E-state index in [1.807, 2.05) is 0 Å². The highest BCUT2D eigenvalue weighted by Crippen LogP contribution is 2.30. The molecule has 0 atom stereocenters. The number of benzene rings is 3. The topological polar surface area (TPSA) is 105 Å².